The summed E-state index contributed by atoms with van der Waals surface area (Å²) in [5, 5.41) is 3.19. The Labute approximate surface area is 55.6 Å². The number of rotatable bonds is 1. The first-order chi connectivity index (χ1) is 4.33. The van der Waals surface area contributed by atoms with Crippen LogP contribution in [0.25, 0.3) is 0 Å². The fraction of sp³-hybridized carbons (Fsp3) is 1.00. The molecule has 3 nitrogen and oxygen atoms in total. The highest BCUT2D eigenvalue weighted by molar-refractivity contribution is 4.78. The number of ether oxygens (including phenoxy) is 1. The van der Waals surface area contributed by atoms with Gasteiger partial charge in [0, 0.05) is 26.2 Å². The second kappa shape index (κ2) is 3.15. The van der Waals surface area contributed by atoms with Crippen LogP contribution in [-0.2, 0) is 4.74 Å². The maximum atomic E-state index is 5.66. The zero-order chi connectivity index (χ0) is 6.69. The predicted molar refractivity (Wildman–Crippen MR) is 36.3 cm³/mol. The van der Waals surface area contributed by atoms with Gasteiger partial charge >= 0.3 is 0 Å². The summed E-state index contributed by atoms with van der Waals surface area (Å²) in [5.74, 6) is 0. The van der Waals surface area contributed by atoms with E-state index in [1.807, 2.05) is 0 Å². The van der Waals surface area contributed by atoms with Crippen LogP contribution < -0.4 is 11.1 Å². The Morgan fingerprint density at radius 2 is 2.33 bits per heavy atom. The minimum absolute atomic E-state index is 0.281. The third-order valence-corrected chi connectivity index (χ3v) is 1.68. The average Bonchev–Trinajstić information content (AvgIpc) is 1.88. The molecule has 1 rings (SSSR count). The largest absolute Gasteiger partial charge is 0.380 e. The van der Waals surface area contributed by atoms with E-state index in [2.05, 4.69) is 5.32 Å². The van der Waals surface area contributed by atoms with Crippen molar-refractivity contribution in [1.82, 2.24) is 5.32 Å². The molecule has 9 heavy (non-hydrogen) atoms. The van der Waals surface area contributed by atoms with E-state index >= 15 is 0 Å². The van der Waals surface area contributed by atoms with Crippen LogP contribution in [0.2, 0.25) is 0 Å². The highest BCUT2D eigenvalue weighted by atomic mass is 16.5. The molecule has 0 amide bonds. The Kier molecular flexibility index (Phi) is 2.45. The molecule has 0 aromatic carbocycles. The molecule has 1 aliphatic heterocycles. The third-order valence-electron chi connectivity index (χ3n) is 1.68. The number of piperidine rings is 1. The van der Waals surface area contributed by atoms with Gasteiger partial charge in [0.05, 0.1) is 6.10 Å². The standard InChI is InChI=1S/C6H14N2O/c1-9-6-2-5(7)3-8-4-6/h5-6,8H,2-4,7H2,1H3. The van der Waals surface area contributed by atoms with Crippen LogP contribution in [0.5, 0.6) is 0 Å². The lowest BCUT2D eigenvalue weighted by Crippen LogP contribution is -2.47. The fourth-order valence-electron chi connectivity index (χ4n) is 1.11. The molecule has 1 heterocycles. The maximum absolute atomic E-state index is 5.66. The van der Waals surface area contributed by atoms with Gasteiger partial charge in [-0.25, -0.2) is 0 Å². The highest BCUT2D eigenvalue weighted by Crippen LogP contribution is 2.02. The number of hydrogen-bond donors (Lipinski definition) is 2. The van der Waals surface area contributed by atoms with Crippen LogP contribution in [0.15, 0.2) is 0 Å². The van der Waals surface area contributed by atoms with Crippen molar-refractivity contribution in [2.75, 3.05) is 20.2 Å². The fourth-order valence-corrected chi connectivity index (χ4v) is 1.11. The second-order valence-electron chi connectivity index (χ2n) is 2.51. The van der Waals surface area contributed by atoms with Crippen molar-refractivity contribution in [1.29, 1.82) is 0 Å². The lowest BCUT2D eigenvalue weighted by Gasteiger charge is -2.26. The normalized spacial score (nSPS) is 36.7. The maximum Gasteiger partial charge on any atom is 0.0710 e. The molecule has 0 aromatic rings. The number of methoxy groups -OCH3 is 1. The van der Waals surface area contributed by atoms with E-state index in [0.29, 0.717) is 6.10 Å². The van der Waals surface area contributed by atoms with Crippen molar-refractivity contribution in [2.24, 2.45) is 5.73 Å². The Balaban J connectivity index is 2.23. The quantitative estimate of drug-likeness (QED) is 0.494. The first-order valence-corrected chi connectivity index (χ1v) is 3.32. The Bertz CT molecular complexity index is 87.1. The van der Waals surface area contributed by atoms with Crippen LogP contribution in [0.3, 0.4) is 0 Å². The monoisotopic (exact) mass is 130 g/mol. The molecule has 0 saturated carbocycles. The van der Waals surface area contributed by atoms with Gasteiger partial charge in [0.2, 0.25) is 0 Å². The van der Waals surface area contributed by atoms with E-state index in [9.17, 15) is 0 Å². The number of nitrogens with one attached hydrogen (secondary N) is 1. The van der Waals surface area contributed by atoms with Crippen LogP contribution in [0, 0.1) is 0 Å². The zero-order valence-corrected chi connectivity index (χ0v) is 5.76. The summed E-state index contributed by atoms with van der Waals surface area (Å²) in [6.45, 7) is 1.88. The Hall–Kier alpha value is -0.120. The van der Waals surface area contributed by atoms with Crippen LogP contribution in [0.1, 0.15) is 6.42 Å². The van der Waals surface area contributed by atoms with Gasteiger partial charge in [-0.05, 0) is 6.42 Å². The van der Waals surface area contributed by atoms with Crippen molar-refractivity contribution in [3.8, 4) is 0 Å². The van der Waals surface area contributed by atoms with Gasteiger partial charge in [-0.15, -0.1) is 0 Å². The highest BCUT2D eigenvalue weighted by Gasteiger charge is 2.17. The summed E-state index contributed by atoms with van der Waals surface area (Å²) in [7, 11) is 1.73. The van der Waals surface area contributed by atoms with E-state index < -0.39 is 0 Å². The van der Waals surface area contributed by atoms with E-state index in [-0.39, 0.29) is 6.04 Å². The molecule has 2 atom stereocenters. The van der Waals surface area contributed by atoms with E-state index in [4.69, 9.17) is 10.5 Å². The van der Waals surface area contributed by atoms with Crippen molar-refractivity contribution in [3.05, 3.63) is 0 Å². The molecule has 0 bridgehead atoms. The molecular formula is C6H14N2O. The molecule has 1 fully saturated rings. The summed E-state index contributed by atoms with van der Waals surface area (Å²) in [6.07, 6.45) is 1.32. The van der Waals surface area contributed by atoms with Crippen molar-refractivity contribution >= 4 is 0 Å². The van der Waals surface area contributed by atoms with Gasteiger partial charge in [-0.2, -0.15) is 0 Å². The number of hydrogen-bond acceptors (Lipinski definition) is 3. The van der Waals surface area contributed by atoms with Crippen LogP contribution in [-0.4, -0.2) is 32.3 Å². The molecule has 0 spiro atoms. The molecule has 2 unspecified atom stereocenters. The Morgan fingerprint density at radius 3 is 2.78 bits per heavy atom. The van der Waals surface area contributed by atoms with E-state index in [1.54, 1.807) is 7.11 Å². The first-order valence-electron chi connectivity index (χ1n) is 3.32. The van der Waals surface area contributed by atoms with Gasteiger partial charge in [-0.1, -0.05) is 0 Å². The summed E-state index contributed by atoms with van der Waals surface area (Å²) in [6, 6.07) is 0.281. The van der Waals surface area contributed by atoms with Gasteiger partial charge in [0.15, 0.2) is 0 Å². The minimum Gasteiger partial charge on any atom is -0.380 e. The molecule has 0 aromatic heterocycles. The summed E-state index contributed by atoms with van der Waals surface area (Å²) in [4.78, 5) is 0. The number of nitrogens with two attached hydrogens (primary N) is 1. The lowest BCUT2D eigenvalue weighted by molar-refractivity contribution is 0.0747. The van der Waals surface area contributed by atoms with Crippen molar-refractivity contribution in [2.45, 2.75) is 18.6 Å². The summed E-state index contributed by atoms with van der Waals surface area (Å²) >= 11 is 0. The third kappa shape index (κ3) is 1.93. The SMILES string of the molecule is COC1CNCC(N)C1. The van der Waals surface area contributed by atoms with E-state index in [1.165, 1.54) is 0 Å². The molecule has 1 saturated heterocycles. The lowest BCUT2D eigenvalue weighted by atomic mass is 10.1. The second-order valence-corrected chi connectivity index (χ2v) is 2.51. The van der Waals surface area contributed by atoms with Crippen LogP contribution in [0.4, 0.5) is 0 Å². The van der Waals surface area contributed by atoms with Gasteiger partial charge in [-0.3, -0.25) is 0 Å². The topological polar surface area (TPSA) is 47.3 Å². The van der Waals surface area contributed by atoms with Crippen LogP contribution >= 0.6 is 0 Å². The minimum atomic E-state index is 0.281. The van der Waals surface area contributed by atoms with Crippen molar-refractivity contribution < 1.29 is 4.74 Å². The molecule has 3 N–H and O–H groups in total. The smallest absolute Gasteiger partial charge is 0.0710 e. The predicted octanol–water partition coefficient (Wildman–Crippen LogP) is -0.678. The average molecular weight is 130 g/mol. The molecular weight excluding hydrogens is 116 g/mol. The molecule has 3 heteroatoms. The first kappa shape index (κ1) is 6.99. The van der Waals surface area contributed by atoms with Gasteiger partial charge in [0.25, 0.3) is 0 Å². The van der Waals surface area contributed by atoms with Gasteiger partial charge < -0.3 is 15.8 Å². The summed E-state index contributed by atoms with van der Waals surface area (Å²) in [5.41, 5.74) is 5.66. The Morgan fingerprint density at radius 1 is 1.56 bits per heavy atom. The van der Waals surface area contributed by atoms with Crippen molar-refractivity contribution in [3.63, 3.8) is 0 Å². The molecule has 0 radical (unpaired) electrons. The van der Waals surface area contributed by atoms with E-state index in [0.717, 1.165) is 19.5 Å². The zero-order valence-electron chi connectivity index (χ0n) is 5.76. The molecule has 54 valence electrons. The van der Waals surface area contributed by atoms with Gasteiger partial charge in [0.1, 0.15) is 0 Å². The molecule has 1 aliphatic rings. The summed E-state index contributed by atoms with van der Waals surface area (Å²) < 4.78 is 5.12. The molecule has 0 aliphatic carbocycles.